The molecule has 5 heteroatoms. The molecule has 1 aliphatic heterocycles. The number of ketones is 1. The summed E-state index contributed by atoms with van der Waals surface area (Å²) < 4.78 is 13.1. The Bertz CT molecular complexity index is 1110. The van der Waals surface area contributed by atoms with Gasteiger partial charge in [0.05, 0.1) is 6.61 Å². The van der Waals surface area contributed by atoms with Gasteiger partial charge in [0, 0.05) is 28.4 Å². The lowest BCUT2D eigenvalue weighted by molar-refractivity contribution is -0.151. The zero-order chi connectivity index (χ0) is 20.9. The van der Waals surface area contributed by atoms with E-state index in [1.54, 1.807) is 18.2 Å². The lowest BCUT2D eigenvalue weighted by Gasteiger charge is -2.39. The Morgan fingerprint density at radius 1 is 1.10 bits per heavy atom. The van der Waals surface area contributed by atoms with Crippen LogP contribution in [0.4, 0.5) is 0 Å². The van der Waals surface area contributed by atoms with Gasteiger partial charge in [-0.25, -0.2) is 0 Å². The second kappa shape index (κ2) is 6.96. The Balaban J connectivity index is 1.77. The Kier molecular flexibility index (Phi) is 4.49. The third kappa shape index (κ3) is 2.52. The van der Waals surface area contributed by atoms with E-state index in [2.05, 4.69) is 15.9 Å². The molecule has 0 radical (unpaired) electrons. The number of ether oxygens (including phenoxy) is 2. The fourth-order valence-electron chi connectivity index (χ4n) is 4.95. The minimum Gasteiger partial charge on any atom is -0.494 e. The van der Waals surface area contributed by atoms with Crippen molar-refractivity contribution < 1.29 is 19.4 Å². The van der Waals surface area contributed by atoms with Gasteiger partial charge >= 0.3 is 0 Å². The highest BCUT2D eigenvalue weighted by Gasteiger charge is 2.73. The number of rotatable bonds is 4. The normalized spacial score (nSPS) is 26.8. The lowest BCUT2D eigenvalue weighted by Crippen LogP contribution is -2.50. The van der Waals surface area contributed by atoms with Crippen LogP contribution in [0.25, 0.3) is 0 Å². The van der Waals surface area contributed by atoms with Crippen molar-refractivity contribution in [2.24, 2.45) is 0 Å². The number of carbonyl (C=O) groups is 1. The zero-order valence-electron chi connectivity index (χ0n) is 16.5. The minimum absolute atomic E-state index is 0.198. The summed E-state index contributed by atoms with van der Waals surface area (Å²) in [5.74, 6) is 0.567. The number of carbonyl (C=O) groups excluding carboxylic acids is 1. The van der Waals surface area contributed by atoms with Gasteiger partial charge in [-0.15, -0.1) is 0 Å². The van der Waals surface area contributed by atoms with E-state index >= 15 is 0 Å². The second-order valence-corrected chi connectivity index (χ2v) is 8.65. The Morgan fingerprint density at radius 2 is 1.83 bits per heavy atom. The fraction of sp³-hybridized carbons (Fsp3) is 0.240. The molecule has 1 aliphatic carbocycles. The summed E-state index contributed by atoms with van der Waals surface area (Å²) in [5.41, 5.74) is -0.803. The van der Waals surface area contributed by atoms with E-state index in [0.717, 1.165) is 15.6 Å². The number of aliphatic hydroxyl groups is 1. The predicted octanol–water partition coefficient (Wildman–Crippen LogP) is 5.08. The molecule has 3 atom stereocenters. The van der Waals surface area contributed by atoms with Gasteiger partial charge < -0.3 is 14.6 Å². The van der Waals surface area contributed by atoms with Crippen LogP contribution in [0.3, 0.4) is 0 Å². The maximum atomic E-state index is 13.4. The van der Waals surface area contributed by atoms with E-state index in [9.17, 15) is 9.90 Å². The first-order valence-corrected chi connectivity index (χ1v) is 10.8. The summed E-state index contributed by atoms with van der Waals surface area (Å²) >= 11 is 3.48. The van der Waals surface area contributed by atoms with Crippen LogP contribution < -0.4 is 9.47 Å². The predicted molar refractivity (Wildman–Crippen MR) is 117 cm³/mol. The van der Waals surface area contributed by atoms with Gasteiger partial charge in [-0.05, 0) is 42.3 Å². The molecule has 3 aromatic rings. The molecule has 4 nitrogen and oxygen atoms in total. The topological polar surface area (TPSA) is 55.8 Å². The molecule has 1 fully saturated rings. The molecule has 1 N–H and O–H groups in total. The molecule has 0 aromatic heterocycles. The number of benzene rings is 3. The van der Waals surface area contributed by atoms with Crippen molar-refractivity contribution >= 4 is 21.7 Å². The van der Waals surface area contributed by atoms with E-state index in [0.29, 0.717) is 23.7 Å². The maximum absolute atomic E-state index is 13.4. The first kappa shape index (κ1) is 19.3. The summed E-state index contributed by atoms with van der Waals surface area (Å²) in [6, 6.07) is 22.8. The molecule has 2 aliphatic rings. The first-order chi connectivity index (χ1) is 14.5. The van der Waals surface area contributed by atoms with Crippen molar-refractivity contribution in [1.82, 2.24) is 0 Å². The van der Waals surface area contributed by atoms with Gasteiger partial charge in [0.15, 0.2) is 17.0 Å². The molecule has 152 valence electrons. The SMILES string of the molecule is CCOc1ccc2c(c1)OC1(c3ccc(Br)cc3)C(c3ccccc3)CC(=O)C21O. The van der Waals surface area contributed by atoms with Crippen molar-refractivity contribution in [2.75, 3.05) is 6.61 Å². The molecule has 1 saturated carbocycles. The summed E-state index contributed by atoms with van der Waals surface area (Å²) in [5, 5.41) is 12.1. The third-order valence-corrected chi connectivity index (χ3v) is 6.75. The summed E-state index contributed by atoms with van der Waals surface area (Å²) in [6.45, 7) is 2.43. The van der Waals surface area contributed by atoms with Crippen LogP contribution in [0.5, 0.6) is 11.5 Å². The molecule has 3 unspecified atom stereocenters. The smallest absolute Gasteiger partial charge is 0.196 e. The van der Waals surface area contributed by atoms with E-state index in [-0.39, 0.29) is 18.1 Å². The molecular weight excluding hydrogens is 444 g/mol. The molecular formula is C25H21BrO4. The highest BCUT2D eigenvalue weighted by molar-refractivity contribution is 9.10. The summed E-state index contributed by atoms with van der Waals surface area (Å²) in [6.07, 6.45) is 0.198. The largest absolute Gasteiger partial charge is 0.494 e. The maximum Gasteiger partial charge on any atom is 0.196 e. The third-order valence-electron chi connectivity index (χ3n) is 6.22. The molecule has 3 aromatic carbocycles. The molecule has 5 rings (SSSR count). The Labute approximate surface area is 183 Å². The molecule has 0 amide bonds. The molecule has 0 spiro atoms. The number of hydrogen-bond donors (Lipinski definition) is 1. The van der Waals surface area contributed by atoms with Gasteiger partial charge in [-0.3, -0.25) is 4.79 Å². The quantitative estimate of drug-likeness (QED) is 0.584. The highest BCUT2D eigenvalue weighted by Crippen LogP contribution is 2.65. The van der Waals surface area contributed by atoms with Crippen LogP contribution in [0.2, 0.25) is 0 Å². The van der Waals surface area contributed by atoms with Crippen LogP contribution in [0.1, 0.15) is 36.0 Å². The highest BCUT2D eigenvalue weighted by atomic mass is 79.9. The Hall–Kier alpha value is -2.63. The number of halogens is 1. The van der Waals surface area contributed by atoms with Crippen LogP contribution in [-0.4, -0.2) is 17.5 Å². The second-order valence-electron chi connectivity index (χ2n) is 7.74. The van der Waals surface area contributed by atoms with Crippen LogP contribution >= 0.6 is 15.9 Å². The van der Waals surface area contributed by atoms with E-state index < -0.39 is 11.2 Å². The van der Waals surface area contributed by atoms with Crippen molar-refractivity contribution in [3.8, 4) is 11.5 Å². The van der Waals surface area contributed by atoms with Crippen molar-refractivity contribution in [3.05, 3.63) is 94.0 Å². The van der Waals surface area contributed by atoms with Gasteiger partial charge in [-0.2, -0.15) is 0 Å². The van der Waals surface area contributed by atoms with Gasteiger partial charge in [0.2, 0.25) is 0 Å². The van der Waals surface area contributed by atoms with E-state index in [1.807, 2.05) is 61.5 Å². The van der Waals surface area contributed by atoms with Crippen molar-refractivity contribution in [2.45, 2.75) is 30.5 Å². The number of hydrogen-bond acceptors (Lipinski definition) is 4. The average molecular weight is 465 g/mol. The van der Waals surface area contributed by atoms with Crippen LogP contribution in [0, 0.1) is 0 Å². The van der Waals surface area contributed by atoms with Gasteiger partial charge in [0.25, 0.3) is 0 Å². The lowest BCUT2D eigenvalue weighted by atomic mass is 9.71. The Morgan fingerprint density at radius 3 is 2.53 bits per heavy atom. The summed E-state index contributed by atoms with van der Waals surface area (Å²) in [7, 11) is 0. The molecule has 30 heavy (non-hydrogen) atoms. The zero-order valence-corrected chi connectivity index (χ0v) is 18.1. The fourth-order valence-corrected chi connectivity index (χ4v) is 5.22. The van der Waals surface area contributed by atoms with E-state index in [1.165, 1.54) is 0 Å². The monoisotopic (exact) mass is 464 g/mol. The molecule has 0 bridgehead atoms. The molecule has 0 saturated heterocycles. The standard InChI is InChI=1S/C25H21BrO4/c1-2-29-19-12-13-20-22(14-19)30-25(17-8-10-18(26)11-9-17)21(15-23(27)24(20,25)28)16-6-4-3-5-7-16/h3-14,21,28H,2,15H2,1H3. The van der Waals surface area contributed by atoms with Gasteiger partial charge in [0.1, 0.15) is 11.5 Å². The number of Topliss-reactive ketones (excluding diaryl/α,β-unsaturated/α-hetero) is 1. The number of fused-ring (bicyclic) bond motifs is 3. The molecule has 1 heterocycles. The van der Waals surface area contributed by atoms with Gasteiger partial charge in [-0.1, -0.05) is 58.4 Å². The first-order valence-electron chi connectivity index (χ1n) is 10.0. The van der Waals surface area contributed by atoms with E-state index in [4.69, 9.17) is 9.47 Å². The average Bonchev–Trinajstić information content (AvgIpc) is 3.15. The van der Waals surface area contributed by atoms with Crippen molar-refractivity contribution in [1.29, 1.82) is 0 Å². The van der Waals surface area contributed by atoms with Crippen LogP contribution in [-0.2, 0) is 16.0 Å². The van der Waals surface area contributed by atoms with Crippen molar-refractivity contribution in [3.63, 3.8) is 0 Å². The summed E-state index contributed by atoms with van der Waals surface area (Å²) in [4.78, 5) is 13.4. The minimum atomic E-state index is -1.78. The van der Waals surface area contributed by atoms with Crippen LogP contribution in [0.15, 0.2) is 77.3 Å².